The first kappa shape index (κ1) is 17.3. The minimum Gasteiger partial charge on any atom is -0.394 e. The largest absolute Gasteiger partial charge is 0.394 e. The summed E-state index contributed by atoms with van der Waals surface area (Å²) in [4.78, 5) is 18.0. The summed E-state index contributed by atoms with van der Waals surface area (Å²) in [6, 6.07) is 11.5. The fourth-order valence-electron chi connectivity index (χ4n) is 2.24. The number of hydrogen-bond donors (Lipinski definition) is 2. The summed E-state index contributed by atoms with van der Waals surface area (Å²) in [5.41, 5.74) is 0.299. The Balaban J connectivity index is 1.82. The van der Waals surface area contributed by atoms with E-state index in [0.29, 0.717) is 5.69 Å². The number of halogens is 1. The molecule has 1 amide bonds. The third-order valence-electron chi connectivity index (χ3n) is 3.64. The molecule has 0 saturated carbocycles. The molecule has 0 fully saturated rings. The van der Waals surface area contributed by atoms with Crippen molar-refractivity contribution in [3.63, 3.8) is 0 Å². The van der Waals surface area contributed by atoms with Gasteiger partial charge >= 0.3 is 0 Å². The standard InChI is InChI=1S/C17H15BrN2O2S2/c1-17(10-21,11-4-2-5-12(18)8-11)20-15(22)13-9-24-16(19-13)14-6-3-7-23-14/h2-9,21H,10H2,1H3,(H,20,22). The third kappa shape index (κ3) is 3.59. The van der Waals surface area contributed by atoms with Gasteiger partial charge in [0.25, 0.3) is 5.91 Å². The van der Waals surface area contributed by atoms with Crippen LogP contribution >= 0.6 is 38.6 Å². The number of thiazole rings is 1. The molecule has 124 valence electrons. The number of aliphatic hydroxyl groups excluding tert-OH is 1. The molecule has 3 rings (SSSR count). The molecule has 0 aliphatic carbocycles. The zero-order valence-corrected chi connectivity index (χ0v) is 16.0. The highest BCUT2D eigenvalue weighted by atomic mass is 79.9. The molecule has 4 nitrogen and oxygen atoms in total. The molecule has 2 aromatic heterocycles. The Labute approximate surface area is 156 Å². The molecule has 1 unspecified atom stereocenters. The smallest absolute Gasteiger partial charge is 0.271 e. The number of thiophene rings is 1. The fraction of sp³-hybridized carbons (Fsp3) is 0.176. The molecule has 0 aliphatic heterocycles. The Kier molecular flexibility index (Phi) is 5.15. The molecule has 2 heterocycles. The van der Waals surface area contributed by atoms with Crippen LogP contribution in [0.15, 0.2) is 51.6 Å². The predicted molar refractivity (Wildman–Crippen MR) is 101 cm³/mol. The lowest BCUT2D eigenvalue weighted by Crippen LogP contribution is -2.46. The Hall–Kier alpha value is -1.54. The maximum Gasteiger partial charge on any atom is 0.271 e. The van der Waals surface area contributed by atoms with Gasteiger partial charge in [0, 0.05) is 9.85 Å². The lowest BCUT2D eigenvalue weighted by molar-refractivity contribution is 0.0845. The fourth-order valence-corrected chi connectivity index (χ4v) is 4.25. The van der Waals surface area contributed by atoms with Crippen LogP contribution in [0.25, 0.3) is 9.88 Å². The van der Waals surface area contributed by atoms with Crippen molar-refractivity contribution in [3.05, 3.63) is 62.9 Å². The summed E-state index contributed by atoms with van der Waals surface area (Å²) in [5.74, 6) is -0.300. The van der Waals surface area contributed by atoms with Crippen molar-refractivity contribution in [1.82, 2.24) is 10.3 Å². The van der Waals surface area contributed by atoms with E-state index < -0.39 is 5.54 Å². The van der Waals surface area contributed by atoms with Gasteiger partial charge in [-0.15, -0.1) is 22.7 Å². The maximum atomic E-state index is 12.6. The van der Waals surface area contributed by atoms with Crippen molar-refractivity contribution < 1.29 is 9.90 Å². The van der Waals surface area contributed by atoms with Gasteiger partial charge in [-0.05, 0) is 36.1 Å². The molecule has 0 radical (unpaired) electrons. The molecule has 24 heavy (non-hydrogen) atoms. The molecule has 0 spiro atoms. The van der Waals surface area contributed by atoms with Gasteiger partial charge in [0.1, 0.15) is 10.7 Å². The number of amides is 1. The van der Waals surface area contributed by atoms with Crippen LogP contribution < -0.4 is 5.32 Å². The number of benzene rings is 1. The summed E-state index contributed by atoms with van der Waals surface area (Å²) in [6.45, 7) is 1.58. The topological polar surface area (TPSA) is 62.2 Å². The van der Waals surface area contributed by atoms with Crippen LogP contribution in [0.1, 0.15) is 23.0 Å². The zero-order valence-electron chi connectivity index (χ0n) is 12.8. The number of carbonyl (C=O) groups excluding carboxylic acids is 1. The maximum absolute atomic E-state index is 12.6. The van der Waals surface area contributed by atoms with Crippen molar-refractivity contribution >= 4 is 44.5 Å². The molecule has 0 bridgehead atoms. The van der Waals surface area contributed by atoms with Gasteiger partial charge < -0.3 is 10.4 Å². The van der Waals surface area contributed by atoms with Crippen LogP contribution in [0.4, 0.5) is 0 Å². The SMILES string of the molecule is CC(CO)(NC(=O)c1csc(-c2cccs2)n1)c1cccc(Br)c1. The number of carbonyl (C=O) groups is 1. The predicted octanol–water partition coefficient (Wildman–Crippen LogP) is 4.27. The quantitative estimate of drug-likeness (QED) is 0.644. The Bertz CT molecular complexity index is 848. The van der Waals surface area contributed by atoms with E-state index in [0.717, 1.165) is 19.9 Å². The molecular weight excluding hydrogens is 408 g/mol. The molecule has 0 aliphatic rings. The van der Waals surface area contributed by atoms with E-state index in [1.165, 1.54) is 11.3 Å². The summed E-state index contributed by atoms with van der Waals surface area (Å²) in [7, 11) is 0. The van der Waals surface area contributed by atoms with Crippen LogP contribution in [0.2, 0.25) is 0 Å². The van der Waals surface area contributed by atoms with E-state index in [4.69, 9.17) is 0 Å². The van der Waals surface area contributed by atoms with Gasteiger partial charge in [-0.1, -0.05) is 34.1 Å². The average Bonchev–Trinajstić information content (AvgIpc) is 3.25. The Morgan fingerprint density at radius 3 is 2.83 bits per heavy atom. The first-order valence-corrected chi connectivity index (χ1v) is 9.76. The van der Waals surface area contributed by atoms with Crippen molar-refractivity contribution in [2.45, 2.75) is 12.5 Å². The second kappa shape index (κ2) is 7.14. The first-order valence-electron chi connectivity index (χ1n) is 7.21. The normalized spacial score (nSPS) is 13.5. The Morgan fingerprint density at radius 1 is 1.33 bits per heavy atom. The number of hydrogen-bond acceptors (Lipinski definition) is 5. The molecule has 7 heteroatoms. The van der Waals surface area contributed by atoms with Crippen LogP contribution in [0.3, 0.4) is 0 Å². The second-order valence-electron chi connectivity index (χ2n) is 5.47. The lowest BCUT2D eigenvalue weighted by Gasteiger charge is -2.29. The van der Waals surface area contributed by atoms with Crippen molar-refractivity contribution in [3.8, 4) is 9.88 Å². The van der Waals surface area contributed by atoms with E-state index in [9.17, 15) is 9.90 Å². The van der Waals surface area contributed by atoms with E-state index in [1.54, 1.807) is 23.6 Å². The summed E-state index contributed by atoms with van der Waals surface area (Å²) >= 11 is 6.44. The first-order chi connectivity index (χ1) is 11.5. The highest BCUT2D eigenvalue weighted by Gasteiger charge is 2.29. The van der Waals surface area contributed by atoms with Gasteiger partial charge in [-0.2, -0.15) is 0 Å². The summed E-state index contributed by atoms with van der Waals surface area (Å²) < 4.78 is 0.891. The van der Waals surface area contributed by atoms with Crippen LogP contribution in [-0.4, -0.2) is 22.6 Å². The third-order valence-corrected chi connectivity index (χ3v) is 6.01. The van der Waals surface area contributed by atoms with E-state index in [2.05, 4.69) is 26.2 Å². The zero-order chi connectivity index (χ0) is 17.2. The summed E-state index contributed by atoms with van der Waals surface area (Å²) in [5, 5.41) is 17.3. The van der Waals surface area contributed by atoms with Crippen molar-refractivity contribution in [2.24, 2.45) is 0 Å². The highest BCUT2D eigenvalue weighted by Crippen LogP contribution is 2.29. The molecule has 1 atom stereocenters. The number of rotatable bonds is 5. The van der Waals surface area contributed by atoms with Crippen molar-refractivity contribution in [1.29, 1.82) is 0 Å². The molecule has 0 saturated heterocycles. The molecular formula is C17H15BrN2O2S2. The number of nitrogens with one attached hydrogen (secondary N) is 1. The van der Waals surface area contributed by atoms with Crippen LogP contribution in [-0.2, 0) is 5.54 Å². The average molecular weight is 423 g/mol. The molecule has 2 N–H and O–H groups in total. The molecule has 3 aromatic rings. The number of aliphatic hydroxyl groups is 1. The van der Waals surface area contributed by atoms with Gasteiger partial charge in [-0.25, -0.2) is 4.98 Å². The summed E-state index contributed by atoms with van der Waals surface area (Å²) in [6.07, 6.45) is 0. The number of aromatic nitrogens is 1. The monoisotopic (exact) mass is 422 g/mol. The minimum atomic E-state index is -0.881. The minimum absolute atomic E-state index is 0.211. The Morgan fingerprint density at radius 2 is 2.17 bits per heavy atom. The van der Waals surface area contributed by atoms with Gasteiger partial charge in [0.05, 0.1) is 17.0 Å². The number of nitrogens with zero attached hydrogens (tertiary/aromatic N) is 1. The van der Waals surface area contributed by atoms with Crippen LogP contribution in [0.5, 0.6) is 0 Å². The van der Waals surface area contributed by atoms with E-state index in [-0.39, 0.29) is 12.5 Å². The van der Waals surface area contributed by atoms with E-state index in [1.807, 2.05) is 41.8 Å². The highest BCUT2D eigenvalue weighted by molar-refractivity contribution is 9.10. The van der Waals surface area contributed by atoms with Gasteiger partial charge in [0.15, 0.2) is 0 Å². The van der Waals surface area contributed by atoms with Gasteiger partial charge in [-0.3, -0.25) is 4.79 Å². The molecule has 1 aromatic carbocycles. The van der Waals surface area contributed by atoms with E-state index >= 15 is 0 Å². The van der Waals surface area contributed by atoms with Crippen molar-refractivity contribution in [2.75, 3.05) is 6.61 Å². The van der Waals surface area contributed by atoms with Crippen LogP contribution in [0, 0.1) is 0 Å². The second-order valence-corrected chi connectivity index (χ2v) is 8.19. The lowest BCUT2D eigenvalue weighted by atomic mass is 9.93. The van der Waals surface area contributed by atoms with Gasteiger partial charge in [0.2, 0.25) is 0 Å².